The molecule has 124 valence electrons. The van der Waals surface area contributed by atoms with Gasteiger partial charge < -0.3 is 15.5 Å². The second kappa shape index (κ2) is 7.01. The number of carbonyl (C=O) groups is 2. The van der Waals surface area contributed by atoms with Crippen LogP contribution in [-0.4, -0.2) is 42.4 Å². The van der Waals surface area contributed by atoms with Crippen molar-refractivity contribution in [1.82, 2.24) is 4.90 Å². The zero-order chi connectivity index (χ0) is 16.4. The Labute approximate surface area is 144 Å². The van der Waals surface area contributed by atoms with Crippen LogP contribution >= 0.6 is 15.9 Å². The third kappa shape index (κ3) is 3.15. The van der Waals surface area contributed by atoms with Gasteiger partial charge in [0.15, 0.2) is 0 Å². The topological polar surface area (TPSA) is 66.6 Å². The summed E-state index contributed by atoms with van der Waals surface area (Å²) in [6.07, 6.45) is 3.62. The first-order valence-corrected chi connectivity index (χ1v) is 8.99. The fourth-order valence-corrected chi connectivity index (χ4v) is 4.05. The molecule has 5 nitrogen and oxygen atoms in total. The largest absolute Gasteiger partial charge is 0.338 e. The molecule has 2 amide bonds. The highest BCUT2D eigenvalue weighted by Gasteiger charge is 2.41. The van der Waals surface area contributed by atoms with Gasteiger partial charge in [-0.2, -0.15) is 0 Å². The lowest BCUT2D eigenvalue weighted by atomic mass is 9.98. The lowest BCUT2D eigenvalue weighted by Gasteiger charge is -2.36. The number of anilines is 1. The van der Waals surface area contributed by atoms with E-state index in [9.17, 15) is 9.59 Å². The van der Waals surface area contributed by atoms with E-state index in [0.717, 1.165) is 36.0 Å². The van der Waals surface area contributed by atoms with Crippen molar-refractivity contribution in [2.45, 2.75) is 31.7 Å². The number of nitrogens with zero attached hydrogens (tertiary/aromatic N) is 2. The van der Waals surface area contributed by atoms with E-state index in [4.69, 9.17) is 5.73 Å². The van der Waals surface area contributed by atoms with Crippen LogP contribution in [-0.2, 0) is 9.59 Å². The minimum absolute atomic E-state index is 0.0419. The standard InChI is InChI=1S/C17H22BrN3O2/c18-14-6-1-2-7-15(14)21-10-8-13(17(21)23)16(22)20-9-4-3-5-12(20)11-19/h1-2,6-7,12-13H,3-5,8-11,19H2. The maximum atomic E-state index is 12.9. The highest BCUT2D eigenvalue weighted by atomic mass is 79.9. The minimum Gasteiger partial charge on any atom is -0.338 e. The van der Waals surface area contributed by atoms with Gasteiger partial charge in [0.2, 0.25) is 11.8 Å². The molecule has 2 fully saturated rings. The first-order chi connectivity index (χ1) is 11.1. The Morgan fingerprint density at radius 3 is 2.74 bits per heavy atom. The molecule has 1 aromatic carbocycles. The Bertz CT molecular complexity index is 607. The van der Waals surface area contributed by atoms with Crippen molar-refractivity contribution in [2.24, 2.45) is 11.7 Å². The van der Waals surface area contributed by atoms with Crippen LogP contribution in [0, 0.1) is 5.92 Å². The average Bonchev–Trinajstić information content (AvgIpc) is 2.96. The van der Waals surface area contributed by atoms with Crippen molar-refractivity contribution in [1.29, 1.82) is 0 Å². The van der Waals surface area contributed by atoms with Gasteiger partial charge in [-0.25, -0.2) is 0 Å². The quantitative estimate of drug-likeness (QED) is 0.818. The summed E-state index contributed by atoms with van der Waals surface area (Å²) < 4.78 is 0.874. The predicted molar refractivity (Wildman–Crippen MR) is 93.0 cm³/mol. The molecule has 2 N–H and O–H groups in total. The Balaban J connectivity index is 1.76. The summed E-state index contributed by atoms with van der Waals surface area (Å²) in [7, 11) is 0. The average molecular weight is 380 g/mol. The first-order valence-electron chi connectivity index (χ1n) is 8.20. The summed E-state index contributed by atoms with van der Waals surface area (Å²) in [5, 5.41) is 0. The normalized spacial score (nSPS) is 25.0. The predicted octanol–water partition coefficient (Wildman–Crippen LogP) is 2.14. The van der Waals surface area contributed by atoms with Gasteiger partial charge in [-0.3, -0.25) is 9.59 Å². The molecule has 2 unspecified atom stereocenters. The van der Waals surface area contributed by atoms with Gasteiger partial charge in [0.05, 0.1) is 5.69 Å². The number of rotatable bonds is 3. The van der Waals surface area contributed by atoms with Gasteiger partial charge in [0, 0.05) is 30.1 Å². The number of carbonyl (C=O) groups excluding carboxylic acids is 2. The Kier molecular flexibility index (Phi) is 5.02. The van der Waals surface area contributed by atoms with Crippen LogP contribution in [0.2, 0.25) is 0 Å². The van der Waals surface area contributed by atoms with Crippen molar-refractivity contribution in [3.05, 3.63) is 28.7 Å². The molecule has 2 saturated heterocycles. The van der Waals surface area contributed by atoms with Crippen molar-refractivity contribution in [3.8, 4) is 0 Å². The number of amides is 2. The SMILES string of the molecule is NCC1CCCCN1C(=O)C1CCN(c2ccccc2Br)C1=O. The van der Waals surface area contributed by atoms with E-state index < -0.39 is 5.92 Å². The van der Waals surface area contributed by atoms with Crippen molar-refractivity contribution >= 4 is 33.4 Å². The molecule has 0 spiro atoms. The van der Waals surface area contributed by atoms with E-state index in [1.165, 1.54) is 0 Å². The van der Waals surface area contributed by atoms with E-state index in [0.29, 0.717) is 19.5 Å². The number of halogens is 1. The molecule has 6 heteroatoms. The zero-order valence-corrected chi connectivity index (χ0v) is 14.7. The Morgan fingerprint density at radius 1 is 1.22 bits per heavy atom. The summed E-state index contributed by atoms with van der Waals surface area (Å²) >= 11 is 3.48. The Hall–Kier alpha value is -1.40. The molecular formula is C17H22BrN3O2. The molecule has 2 aliphatic rings. The summed E-state index contributed by atoms with van der Waals surface area (Å²) in [6.45, 7) is 1.78. The minimum atomic E-state index is -0.561. The van der Waals surface area contributed by atoms with E-state index in [-0.39, 0.29) is 17.9 Å². The molecular weight excluding hydrogens is 358 g/mol. The molecule has 0 saturated carbocycles. The second-order valence-corrected chi connectivity index (χ2v) is 7.05. The molecule has 3 rings (SSSR count). The molecule has 0 aliphatic carbocycles. The molecule has 23 heavy (non-hydrogen) atoms. The van der Waals surface area contributed by atoms with Crippen molar-refractivity contribution < 1.29 is 9.59 Å². The summed E-state index contributed by atoms with van der Waals surface area (Å²) in [5.41, 5.74) is 6.64. The van der Waals surface area contributed by atoms with Crippen LogP contribution in [0.3, 0.4) is 0 Å². The molecule has 0 radical (unpaired) electrons. The van der Waals surface area contributed by atoms with Gasteiger partial charge in [0.1, 0.15) is 5.92 Å². The van der Waals surface area contributed by atoms with Gasteiger partial charge in [0.25, 0.3) is 0 Å². The second-order valence-electron chi connectivity index (χ2n) is 6.20. The first kappa shape index (κ1) is 16.5. The maximum absolute atomic E-state index is 12.9. The highest BCUT2D eigenvalue weighted by Crippen LogP contribution is 2.32. The molecule has 2 aliphatic heterocycles. The number of likely N-dealkylation sites (tertiary alicyclic amines) is 1. The van der Waals surface area contributed by atoms with Gasteiger partial charge in [-0.05, 0) is 53.7 Å². The zero-order valence-electron chi connectivity index (χ0n) is 13.1. The fraction of sp³-hybridized carbons (Fsp3) is 0.529. The Morgan fingerprint density at radius 2 is 2.00 bits per heavy atom. The fourth-order valence-electron chi connectivity index (χ4n) is 3.55. The lowest BCUT2D eigenvalue weighted by Crippen LogP contribution is -2.50. The van der Waals surface area contributed by atoms with Crippen LogP contribution in [0.4, 0.5) is 5.69 Å². The number of hydrogen-bond donors (Lipinski definition) is 1. The van der Waals surface area contributed by atoms with E-state index in [1.807, 2.05) is 29.2 Å². The van der Waals surface area contributed by atoms with Crippen molar-refractivity contribution in [3.63, 3.8) is 0 Å². The van der Waals surface area contributed by atoms with Gasteiger partial charge >= 0.3 is 0 Å². The highest BCUT2D eigenvalue weighted by molar-refractivity contribution is 9.10. The number of hydrogen-bond acceptors (Lipinski definition) is 3. The van der Waals surface area contributed by atoms with Crippen LogP contribution in [0.1, 0.15) is 25.7 Å². The maximum Gasteiger partial charge on any atom is 0.239 e. The van der Waals surface area contributed by atoms with Crippen molar-refractivity contribution in [2.75, 3.05) is 24.5 Å². The summed E-state index contributed by atoms with van der Waals surface area (Å²) in [6, 6.07) is 7.71. The smallest absolute Gasteiger partial charge is 0.239 e. The number of benzene rings is 1. The number of nitrogens with two attached hydrogens (primary N) is 1. The molecule has 0 aromatic heterocycles. The molecule has 1 aromatic rings. The molecule has 0 bridgehead atoms. The van der Waals surface area contributed by atoms with Crippen LogP contribution in [0.15, 0.2) is 28.7 Å². The van der Waals surface area contributed by atoms with E-state index in [2.05, 4.69) is 15.9 Å². The number of piperidine rings is 1. The van der Waals surface area contributed by atoms with Gasteiger partial charge in [-0.1, -0.05) is 12.1 Å². The summed E-state index contributed by atoms with van der Waals surface area (Å²) in [4.78, 5) is 29.2. The van der Waals surface area contributed by atoms with E-state index in [1.54, 1.807) is 4.90 Å². The third-order valence-corrected chi connectivity index (χ3v) is 5.50. The third-order valence-electron chi connectivity index (χ3n) is 4.83. The van der Waals surface area contributed by atoms with Gasteiger partial charge in [-0.15, -0.1) is 0 Å². The van der Waals surface area contributed by atoms with Crippen LogP contribution in [0.25, 0.3) is 0 Å². The monoisotopic (exact) mass is 379 g/mol. The molecule has 2 atom stereocenters. The summed E-state index contributed by atoms with van der Waals surface area (Å²) in [5.74, 6) is -0.697. The lowest BCUT2D eigenvalue weighted by molar-refractivity contribution is -0.142. The van der Waals surface area contributed by atoms with E-state index >= 15 is 0 Å². The molecule has 2 heterocycles. The number of para-hydroxylation sites is 1. The van der Waals surface area contributed by atoms with Crippen LogP contribution in [0.5, 0.6) is 0 Å². The van der Waals surface area contributed by atoms with Crippen LogP contribution < -0.4 is 10.6 Å².